The first-order valence-corrected chi connectivity index (χ1v) is 8.30. The van der Waals surface area contributed by atoms with E-state index in [4.69, 9.17) is 0 Å². The number of amides is 1. The van der Waals surface area contributed by atoms with Gasteiger partial charge in [-0.05, 0) is 18.1 Å². The maximum atomic E-state index is 12.3. The molecule has 1 amide bonds. The Morgan fingerprint density at radius 3 is 2.43 bits per heavy atom. The molecule has 1 unspecified atom stereocenters. The van der Waals surface area contributed by atoms with E-state index in [9.17, 15) is 4.79 Å². The van der Waals surface area contributed by atoms with Crippen molar-refractivity contribution in [3.8, 4) is 0 Å². The molecule has 0 aromatic heterocycles. The van der Waals surface area contributed by atoms with Crippen molar-refractivity contribution in [3.05, 3.63) is 71.8 Å². The zero-order valence-electron chi connectivity index (χ0n) is 12.8. The second kappa shape index (κ2) is 7.24. The van der Waals surface area contributed by atoms with Crippen molar-refractivity contribution < 1.29 is 4.79 Å². The highest BCUT2D eigenvalue weighted by Gasteiger charge is 2.35. The van der Waals surface area contributed by atoms with E-state index in [0.29, 0.717) is 11.7 Å². The molecule has 0 bridgehead atoms. The van der Waals surface area contributed by atoms with Gasteiger partial charge in [0.25, 0.3) is 0 Å². The van der Waals surface area contributed by atoms with Crippen molar-refractivity contribution in [2.75, 3.05) is 0 Å². The lowest BCUT2D eigenvalue weighted by molar-refractivity contribution is -0.126. The Labute approximate surface area is 139 Å². The number of hydrogen-bond donors (Lipinski definition) is 0. The zero-order valence-corrected chi connectivity index (χ0v) is 13.6. The normalized spacial score (nSPS) is 19.9. The van der Waals surface area contributed by atoms with Gasteiger partial charge >= 0.3 is 0 Å². The molecule has 1 saturated heterocycles. The van der Waals surface area contributed by atoms with Crippen LogP contribution in [0.15, 0.2) is 70.9 Å². The van der Waals surface area contributed by atoms with Gasteiger partial charge in [-0.3, -0.25) is 9.69 Å². The summed E-state index contributed by atoms with van der Waals surface area (Å²) >= 11 is 1.45. The van der Waals surface area contributed by atoms with Gasteiger partial charge < -0.3 is 0 Å². The van der Waals surface area contributed by atoms with Crippen LogP contribution in [-0.4, -0.2) is 27.4 Å². The molecule has 1 fully saturated rings. The standard InChI is InChI=1S/C18H17N3OS/c1-14-17(22)21(13-16-10-6-3-7-11-16)18(23-14)20-19-12-15-8-4-2-5-9-15/h2-12,14H,13H2,1H3/b19-12+,20-18-. The summed E-state index contributed by atoms with van der Waals surface area (Å²) in [5, 5.41) is 8.91. The average molecular weight is 323 g/mol. The summed E-state index contributed by atoms with van der Waals surface area (Å²) in [6, 6.07) is 19.7. The zero-order chi connectivity index (χ0) is 16.1. The van der Waals surface area contributed by atoms with Gasteiger partial charge in [0.2, 0.25) is 5.91 Å². The number of rotatable bonds is 4. The molecule has 23 heavy (non-hydrogen) atoms. The molecule has 0 radical (unpaired) electrons. The van der Waals surface area contributed by atoms with Crippen LogP contribution in [0, 0.1) is 0 Å². The number of carbonyl (C=O) groups is 1. The molecule has 0 spiro atoms. The summed E-state index contributed by atoms with van der Waals surface area (Å²) in [7, 11) is 0. The number of benzene rings is 2. The second-order valence-corrected chi connectivity index (χ2v) is 6.52. The van der Waals surface area contributed by atoms with Gasteiger partial charge in [-0.2, -0.15) is 5.10 Å². The maximum Gasteiger partial charge on any atom is 0.242 e. The van der Waals surface area contributed by atoms with Crippen LogP contribution in [0.5, 0.6) is 0 Å². The van der Waals surface area contributed by atoms with Gasteiger partial charge in [0.15, 0.2) is 5.17 Å². The fourth-order valence-electron chi connectivity index (χ4n) is 2.26. The molecule has 0 N–H and O–H groups in total. The topological polar surface area (TPSA) is 45.0 Å². The molecule has 2 aromatic rings. The Balaban J connectivity index is 1.77. The molecular formula is C18H17N3OS. The summed E-state index contributed by atoms with van der Waals surface area (Å²) in [5.74, 6) is 0.0764. The molecule has 2 aromatic carbocycles. The van der Waals surface area contributed by atoms with Crippen LogP contribution in [-0.2, 0) is 11.3 Å². The number of thioether (sulfide) groups is 1. The molecule has 4 nitrogen and oxygen atoms in total. The van der Waals surface area contributed by atoms with E-state index in [2.05, 4.69) is 10.2 Å². The highest BCUT2D eigenvalue weighted by Crippen LogP contribution is 2.28. The minimum absolute atomic E-state index is 0.0764. The van der Waals surface area contributed by atoms with E-state index in [0.717, 1.165) is 11.1 Å². The largest absolute Gasteiger partial charge is 0.284 e. The highest BCUT2D eigenvalue weighted by atomic mass is 32.2. The van der Waals surface area contributed by atoms with Gasteiger partial charge in [0, 0.05) is 0 Å². The van der Waals surface area contributed by atoms with Crippen LogP contribution in [0.2, 0.25) is 0 Å². The predicted molar refractivity (Wildman–Crippen MR) is 95.5 cm³/mol. The maximum absolute atomic E-state index is 12.3. The molecular weight excluding hydrogens is 306 g/mol. The quantitative estimate of drug-likeness (QED) is 0.638. The minimum atomic E-state index is -0.121. The molecule has 0 aliphatic carbocycles. The summed E-state index contributed by atoms with van der Waals surface area (Å²) in [5.41, 5.74) is 2.06. The van der Waals surface area contributed by atoms with Crippen molar-refractivity contribution in [2.24, 2.45) is 10.2 Å². The highest BCUT2D eigenvalue weighted by molar-refractivity contribution is 8.15. The lowest BCUT2D eigenvalue weighted by atomic mass is 10.2. The molecule has 1 aliphatic heterocycles. The second-order valence-electron chi connectivity index (χ2n) is 5.21. The van der Waals surface area contributed by atoms with Crippen molar-refractivity contribution >= 4 is 29.1 Å². The van der Waals surface area contributed by atoms with Crippen LogP contribution < -0.4 is 0 Å². The minimum Gasteiger partial charge on any atom is -0.284 e. The van der Waals surface area contributed by atoms with E-state index in [1.54, 1.807) is 11.1 Å². The molecule has 1 aliphatic rings. The van der Waals surface area contributed by atoms with Crippen LogP contribution in [0.4, 0.5) is 0 Å². The smallest absolute Gasteiger partial charge is 0.242 e. The number of amidine groups is 1. The third-order valence-electron chi connectivity index (χ3n) is 3.46. The third kappa shape index (κ3) is 3.87. The van der Waals surface area contributed by atoms with Gasteiger partial charge in [0.1, 0.15) is 0 Å². The monoisotopic (exact) mass is 323 g/mol. The number of carbonyl (C=O) groups excluding carboxylic acids is 1. The van der Waals surface area contributed by atoms with E-state index in [1.165, 1.54) is 11.8 Å². The van der Waals surface area contributed by atoms with Crippen molar-refractivity contribution in [1.82, 2.24) is 4.90 Å². The predicted octanol–water partition coefficient (Wildman–Crippen LogP) is 3.54. The summed E-state index contributed by atoms with van der Waals surface area (Å²) < 4.78 is 0. The third-order valence-corrected chi connectivity index (χ3v) is 4.53. The van der Waals surface area contributed by atoms with E-state index in [-0.39, 0.29) is 11.2 Å². The Bertz CT molecular complexity index is 728. The van der Waals surface area contributed by atoms with Gasteiger partial charge in [-0.25, -0.2) is 0 Å². The Kier molecular flexibility index (Phi) is 4.88. The lowest BCUT2D eigenvalue weighted by Crippen LogP contribution is -2.30. The van der Waals surface area contributed by atoms with Crippen LogP contribution in [0.25, 0.3) is 0 Å². The van der Waals surface area contributed by atoms with E-state index < -0.39 is 0 Å². The first kappa shape index (κ1) is 15.5. The first-order valence-electron chi connectivity index (χ1n) is 7.42. The van der Waals surface area contributed by atoms with Gasteiger partial charge in [-0.1, -0.05) is 72.4 Å². The summed E-state index contributed by atoms with van der Waals surface area (Å²) in [4.78, 5) is 14.0. The Hall–Kier alpha value is -2.40. The van der Waals surface area contributed by atoms with Crippen molar-refractivity contribution in [1.29, 1.82) is 0 Å². The summed E-state index contributed by atoms with van der Waals surface area (Å²) in [6.07, 6.45) is 1.70. The summed E-state index contributed by atoms with van der Waals surface area (Å²) in [6.45, 7) is 2.42. The molecule has 3 rings (SSSR count). The molecule has 1 heterocycles. The number of nitrogens with zero attached hydrogens (tertiary/aromatic N) is 3. The molecule has 116 valence electrons. The molecule has 1 atom stereocenters. The molecule has 0 saturated carbocycles. The van der Waals surface area contributed by atoms with Gasteiger partial charge in [-0.15, -0.1) is 5.10 Å². The van der Waals surface area contributed by atoms with Crippen LogP contribution >= 0.6 is 11.8 Å². The Morgan fingerprint density at radius 1 is 1.09 bits per heavy atom. The average Bonchev–Trinajstić information content (AvgIpc) is 2.85. The fraction of sp³-hybridized carbons (Fsp3) is 0.167. The fourth-order valence-corrected chi connectivity index (χ4v) is 3.18. The van der Waals surface area contributed by atoms with E-state index >= 15 is 0 Å². The van der Waals surface area contributed by atoms with Crippen molar-refractivity contribution in [3.63, 3.8) is 0 Å². The van der Waals surface area contributed by atoms with Gasteiger partial charge in [0.05, 0.1) is 18.0 Å². The van der Waals surface area contributed by atoms with Crippen LogP contribution in [0.3, 0.4) is 0 Å². The SMILES string of the molecule is CC1S/C(=N\N=C\c2ccccc2)N(Cc2ccccc2)C1=O. The Morgan fingerprint density at radius 2 is 1.74 bits per heavy atom. The molecule has 5 heteroatoms. The van der Waals surface area contributed by atoms with Crippen molar-refractivity contribution in [2.45, 2.75) is 18.7 Å². The number of hydrogen-bond acceptors (Lipinski definition) is 4. The van der Waals surface area contributed by atoms with Crippen LogP contribution in [0.1, 0.15) is 18.1 Å². The van der Waals surface area contributed by atoms with E-state index in [1.807, 2.05) is 67.6 Å². The first-order chi connectivity index (χ1) is 11.2. The lowest BCUT2D eigenvalue weighted by Gasteiger charge is -2.15.